The summed E-state index contributed by atoms with van der Waals surface area (Å²) in [5, 5.41) is 8.97. The summed E-state index contributed by atoms with van der Waals surface area (Å²) in [5.74, 6) is -0.697. The van der Waals surface area contributed by atoms with Crippen LogP contribution < -0.4 is 0 Å². The third-order valence-corrected chi connectivity index (χ3v) is 3.13. The van der Waals surface area contributed by atoms with E-state index in [-0.39, 0.29) is 6.10 Å². The normalized spacial score (nSPS) is 23.2. The summed E-state index contributed by atoms with van der Waals surface area (Å²) < 4.78 is 11.1. The summed E-state index contributed by atoms with van der Waals surface area (Å²) in [6, 6.07) is 0. The van der Waals surface area contributed by atoms with Crippen molar-refractivity contribution < 1.29 is 19.4 Å². The number of carboxylic acids is 1. The number of hydrogen-bond donors (Lipinski definition) is 1. The van der Waals surface area contributed by atoms with Gasteiger partial charge < -0.3 is 14.6 Å². The summed E-state index contributed by atoms with van der Waals surface area (Å²) in [4.78, 5) is 13.1. The zero-order chi connectivity index (χ0) is 13.5. The third-order valence-electron chi connectivity index (χ3n) is 3.13. The third kappa shape index (κ3) is 5.33. The standard InChI is InChI=1S/C13H25NO4/c1-10(2)9-17-6-4-14-5-7-18-12(8-14)11(3)13(15)16/h10-12H,4-9H2,1-3H3,(H,15,16). The highest BCUT2D eigenvalue weighted by atomic mass is 16.5. The van der Waals surface area contributed by atoms with Crippen LogP contribution in [0.15, 0.2) is 0 Å². The maximum Gasteiger partial charge on any atom is 0.308 e. The van der Waals surface area contributed by atoms with Gasteiger partial charge in [0.1, 0.15) is 0 Å². The number of rotatable bonds is 7. The summed E-state index contributed by atoms with van der Waals surface area (Å²) in [6.07, 6.45) is -0.207. The molecule has 1 heterocycles. The van der Waals surface area contributed by atoms with Gasteiger partial charge in [-0.1, -0.05) is 13.8 Å². The molecule has 0 saturated carbocycles. The van der Waals surface area contributed by atoms with Crippen LogP contribution in [-0.4, -0.2) is 61.5 Å². The monoisotopic (exact) mass is 259 g/mol. The van der Waals surface area contributed by atoms with E-state index in [2.05, 4.69) is 18.7 Å². The Bertz CT molecular complexity index is 257. The van der Waals surface area contributed by atoms with Gasteiger partial charge in [-0.15, -0.1) is 0 Å². The molecule has 1 aliphatic heterocycles. The van der Waals surface area contributed by atoms with Crippen molar-refractivity contribution >= 4 is 5.97 Å². The van der Waals surface area contributed by atoms with Crippen molar-refractivity contribution in [3.05, 3.63) is 0 Å². The average molecular weight is 259 g/mol. The molecule has 5 heteroatoms. The molecule has 1 aliphatic rings. The molecule has 0 bridgehead atoms. The molecule has 106 valence electrons. The quantitative estimate of drug-likeness (QED) is 0.693. The summed E-state index contributed by atoms with van der Waals surface area (Å²) in [6.45, 7) is 10.4. The molecule has 1 saturated heterocycles. The Hall–Kier alpha value is -0.650. The van der Waals surface area contributed by atoms with Crippen molar-refractivity contribution in [3.8, 4) is 0 Å². The van der Waals surface area contributed by atoms with Crippen LogP contribution in [0, 0.1) is 11.8 Å². The predicted octanol–water partition coefficient (Wildman–Crippen LogP) is 1.08. The highest BCUT2D eigenvalue weighted by Gasteiger charge is 2.29. The van der Waals surface area contributed by atoms with Crippen LogP contribution in [0.2, 0.25) is 0 Å². The van der Waals surface area contributed by atoms with Gasteiger partial charge in [-0.25, -0.2) is 0 Å². The summed E-state index contributed by atoms with van der Waals surface area (Å²) in [7, 11) is 0. The Morgan fingerprint density at radius 3 is 2.83 bits per heavy atom. The second kappa shape index (κ2) is 7.71. The molecule has 0 aromatic carbocycles. The van der Waals surface area contributed by atoms with Crippen LogP contribution in [0.3, 0.4) is 0 Å². The lowest BCUT2D eigenvalue weighted by atomic mass is 10.0. The molecule has 18 heavy (non-hydrogen) atoms. The highest BCUT2D eigenvalue weighted by molar-refractivity contribution is 5.70. The first-order valence-corrected chi connectivity index (χ1v) is 6.65. The summed E-state index contributed by atoms with van der Waals surface area (Å²) >= 11 is 0. The van der Waals surface area contributed by atoms with Crippen LogP contribution in [0.25, 0.3) is 0 Å². The van der Waals surface area contributed by atoms with Gasteiger partial charge in [0, 0.05) is 26.2 Å². The minimum absolute atomic E-state index is 0.207. The lowest BCUT2D eigenvalue weighted by Gasteiger charge is -2.34. The molecule has 0 spiro atoms. The molecule has 0 amide bonds. The molecule has 0 radical (unpaired) electrons. The first kappa shape index (κ1) is 15.4. The van der Waals surface area contributed by atoms with Crippen molar-refractivity contribution in [2.24, 2.45) is 11.8 Å². The van der Waals surface area contributed by atoms with Gasteiger partial charge in [0.2, 0.25) is 0 Å². The molecule has 0 aromatic rings. The van der Waals surface area contributed by atoms with Crippen molar-refractivity contribution in [1.82, 2.24) is 4.90 Å². The molecule has 1 fully saturated rings. The van der Waals surface area contributed by atoms with E-state index >= 15 is 0 Å². The Morgan fingerprint density at radius 1 is 1.50 bits per heavy atom. The van der Waals surface area contributed by atoms with E-state index in [1.165, 1.54) is 0 Å². The van der Waals surface area contributed by atoms with E-state index in [0.717, 1.165) is 19.7 Å². The van der Waals surface area contributed by atoms with E-state index in [4.69, 9.17) is 14.6 Å². The van der Waals surface area contributed by atoms with E-state index < -0.39 is 11.9 Å². The molecular weight excluding hydrogens is 234 g/mol. The predicted molar refractivity (Wildman–Crippen MR) is 68.6 cm³/mol. The van der Waals surface area contributed by atoms with Crippen LogP contribution in [0.4, 0.5) is 0 Å². The zero-order valence-corrected chi connectivity index (χ0v) is 11.6. The van der Waals surface area contributed by atoms with Crippen LogP contribution in [0.5, 0.6) is 0 Å². The molecule has 2 unspecified atom stereocenters. The number of aliphatic carboxylic acids is 1. The summed E-state index contributed by atoms with van der Waals surface area (Å²) in [5.41, 5.74) is 0. The number of carbonyl (C=O) groups is 1. The minimum atomic E-state index is -0.794. The van der Waals surface area contributed by atoms with Gasteiger partial charge in [0.05, 0.1) is 25.2 Å². The smallest absolute Gasteiger partial charge is 0.308 e. The Morgan fingerprint density at radius 2 is 2.22 bits per heavy atom. The van der Waals surface area contributed by atoms with Crippen molar-refractivity contribution in [1.29, 1.82) is 0 Å². The lowest BCUT2D eigenvalue weighted by Crippen LogP contribution is -2.47. The zero-order valence-electron chi connectivity index (χ0n) is 11.6. The first-order chi connectivity index (χ1) is 8.50. The second-order valence-corrected chi connectivity index (χ2v) is 5.31. The van der Waals surface area contributed by atoms with Gasteiger partial charge in [-0.3, -0.25) is 9.69 Å². The fourth-order valence-corrected chi connectivity index (χ4v) is 1.91. The largest absolute Gasteiger partial charge is 0.481 e. The van der Waals surface area contributed by atoms with Crippen LogP contribution in [0.1, 0.15) is 20.8 Å². The lowest BCUT2D eigenvalue weighted by molar-refractivity contribution is -0.150. The topological polar surface area (TPSA) is 59.0 Å². The Kier molecular flexibility index (Phi) is 6.60. The van der Waals surface area contributed by atoms with Crippen molar-refractivity contribution in [3.63, 3.8) is 0 Å². The molecule has 1 rings (SSSR count). The molecule has 5 nitrogen and oxygen atoms in total. The maximum absolute atomic E-state index is 10.9. The van der Waals surface area contributed by atoms with Gasteiger partial charge in [-0.05, 0) is 12.8 Å². The fraction of sp³-hybridized carbons (Fsp3) is 0.923. The first-order valence-electron chi connectivity index (χ1n) is 6.65. The number of ether oxygens (including phenoxy) is 2. The van der Waals surface area contributed by atoms with E-state index in [1.54, 1.807) is 6.92 Å². The van der Waals surface area contributed by atoms with Crippen LogP contribution in [-0.2, 0) is 14.3 Å². The number of morpholine rings is 1. The SMILES string of the molecule is CC(C)COCCN1CCOC(C(C)C(=O)O)C1. The van der Waals surface area contributed by atoms with E-state index in [9.17, 15) is 4.79 Å². The van der Waals surface area contributed by atoms with Crippen molar-refractivity contribution in [2.75, 3.05) is 39.5 Å². The average Bonchev–Trinajstić information content (AvgIpc) is 2.33. The minimum Gasteiger partial charge on any atom is -0.481 e. The van der Waals surface area contributed by atoms with Crippen LogP contribution >= 0.6 is 0 Å². The van der Waals surface area contributed by atoms with E-state index in [0.29, 0.717) is 25.7 Å². The number of carboxylic acid groups (broad SMARTS) is 1. The molecule has 1 N–H and O–H groups in total. The van der Waals surface area contributed by atoms with Gasteiger partial charge in [0.25, 0.3) is 0 Å². The Balaban J connectivity index is 2.24. The second-order valence-electron chi connectivity index (χ2n) is 5.31. The van der Waals surface area contributed by atoms with Gasteiger partial charge in [-0.2, -0.15) is 0 Å². The molecule has 0 aliphatic carbocycles. The Labute approximate surface area is 109 Å². The number of nitrogens with zero attached hydrogens (tertiary/aromatic N) is 1. The molecule has 2 atom stereocenters. The molecule has 0 aromatic heterocycles. The maximum atomic E-state index is 10.9. The fourth-order valence-electron chi connectivity index (χ4n) is 1.91. The highest BCUT2D eigenvalue weighted by Crippen LogP contribution is 2.14. The molecular formula is C13H25NO4. The number of hydrogen-bond acceptors (Lipinski definition) is 4. The van der Waals surface area contributed by atoms with E-state index in [1.807, 2.05) is 0 Å². The van der Waals surface area contributed by atoms with Crippen molar-refractivity contribution in [2.45, 2.75) is 26.9 Å². The van der Waals surface area contributed by atoms with Gasteiger partial charge in [0.15, 0.2) is 0 Å². The van der Waals surface area contributed by atoms with Gasteiger partial charge >= 0.3 is 5.97 Å².